The molecule has 8 heteroatoms. The summed E-state index contributed by atoms with van der Waals surface area (Å²) < 4.78 is 0. The molecule has 2 heterocycles. The maximum atomic E-state index is 12.5. The van der Waals surface area contributed by atoms with Gasteiger partial charge in [-0.2, -0.15) is 0 Å². The van der Waals surface area contributed by atoms with E-state index in [1.165, 1.54) is 16.2 Å². The van der Waals surface area contributed by atoms with E-state index in [2.05, 4.69) is 4.98 Å². The molecule has 0 spiro atoms. The number of halogens is 2. The molecule has 1 aliphatic rings. The molecule has 0 radical (unpaired) electrons. The predicted octanol–water partition coefficient (Wildman–Crippen LogP) is 3.81. The maximum Gasteiger partial charge on any atom is 0.326 e. The fourth-order valence-electron chi connectivity index (χ4n) is 2.57. The van der Waals surface area contributed by atoms with Crippen molar-refractivity contribution >= 4 is 46.4 Å². The van der Waals surface area contributed by atoms with Gasteiger partial charge in [-0.3, -0.25) is 4.79 Å². The van der Waals surface area contributed by atoms with Crippen LogP contribution in [0.25, 0.3) is 10.6 Å². The lowest BCUT2D eigenvalue weighted by molar-refractivity contribution is -0.141. The third kappa shape index (κ3) is 3.20. The van der Waals surface area contributed by atoms with E-state index in [1.54, 1.807) is 23.6 Å². The molecular formula is C15H12Cl2N2O3S. The molecule has 1 aromatic carbocycles. The van der Waals surface area contributed by atoms with E-state index in [-0.39, 0.29) is 11.6 Å². The van der Waals surface area contributed by atoms with Crippen LogP contribution in [0.3, 0.4) is 0 Å². The van der Waals surface area contributed by atoms with E-state index >= 15 is 0 Å². The lowest BCUT2D eigenvalue weighted by atomic mass is 10.2. The number of hydrogen-bond donors (Lipinski definition) is 1. The van der Waals surface area contributed by atoms with E-state index in [1.807, 2.05) is 0 Å². The van der Waals surface area contributed by atoms with Crippen molar-refractivity contribution in [2.75, 3.05) is 6.54 Å². The number of amides is 1. The first-order valence-electron chi connectivity index (χ1n) is 6.92. The van der Waals surface area contributed by atoms with Gasteiger partial charge in [0.25, 0.3) is 5.91 Å². The number of carboxylic acid groups (broad SMARTS) is 1. The fraction of sp³-hybridized carbons (Fsp3) is 0.267. The number of hydrogen-bond acceptors (Lipinski definition) is 4. The van der Waals surface area contributed by atoms with Crippen LogP contribution in [0.4, 0.5) is 0 Å². The van der Waals surface area contributed by atoms with Crippen LogP contribution in [-0.2, 0) is 4.79 Å². The summed E-state index contributed by atoms with van der Waals surface area (Å²) >= 11 is 13.3. The van der Waals surface area contributed by atoms with Crippen LogP contribution in [-0.4, -0.2) is 39.5 Å². The first kappa shape index (κ1) is 16.2. The second-order valence-electron chi connectivity index (χ2n) is 5.16. The molecule has 2 aromatic rings. The number of aliphatic carboxylic acids is 1. The number of carboxylic acids is 1. The van der Waals surface area contributed by atoms with Crippen LogP contribution in [0.5, 0.6) is 0 Å². The van der Waals surface area contributed by atoms with E-state index in [4.69, 9.17) is 23.2 Å². The smallest absolute Gasteiger partial charge is 0.326 e. The van der Waals surface area contributed by atoms with Crippen molar-refractivity contribution in [2.24, 2.45) is 0 Å². The van der Waals surface area contributed by atoms with Crippen LogP contribution in [0.1, 0.15) is 23.3 Å². The predicted molar refractivity (Wildman–Crippen MR) is 89.3 cm³/mol. The van der Waals surface area contributed by atoms with Gasteiger partial charge in [0.1, 0.15) is 16.7 Å². The highest BCUT2D eigenvalue weighted by molar-refractivity contribution is 7.13. The molecule has 3 rings (SSSR count). The van der Waals surface area contributed by atoms with Gasteiger partial charge in [-0.25, -0.2) is 9.78 Å². The Morgan fingerprint density at radius 3 is 2.83 bits per heavy atom. The molecule has 120 valence electrons. The molecule has 1 amide bonds. The Morgan fingerprint density at radius 1 is 1.35 bits per heavy atom. The number of aromatic nitrogens is 1. The minimum absolute atomic E-state index is 0.240. The zero-order chi connectivity index (χ0) is 16.6. The first-order valence-corrected chi connectivity index (χ1v) is 8.55. The standard InChI is InChI=1S/C15H12Cl2N2O3S/c16-8-3-4-9(10(17)6-8)13-18-11(7-23-13)14(20)19-5-1-2-12(19)15(21)22/h3-4,6-7,12H,1-2,5H2,(H,21,22). The Balaban J connectivity index is 1.87. The second kappa shape index (κ2) is 6.47. The minimum atomic E-state index is -0.980. The molecule has 0 saturated carbocycles. The summed E-state index contributed by atoms with van der Waals surface area (Å²) in [6, 6.07) is 4.29. The molecule has 0 bridgehead atoms. The SMILES string of the molecule is O=C(O)C1CCCN1C(=O)c1csc(-c2ccc(Cl)cc2Cl)n1. The van der Waals surface area contributed by atoms with Crippen LogP contribution >= 0.6 is 34.5 Å². The van der Waals surface area contributed by atoms with Gasteiger partial charge in [-0.15, -0.1) is 11.3 Å². The monoisotopic (exact) mass is 370 g/mol. The average molecular weight is 371 g/mol. The van der Waals surface area contributed by atoms with Crippen molar-refractivity contribution in [3.05, 3.63) is 39.3 Å². The van der Waals surface area contributed by atoms with Gasteiger partial charge in [-0.05, 0) is 31.0 Å². The van der Waals surface area contributed by atoms with E-state index < -0.39 is 12.0 Å². The Bertz CT molecular complexity index is 778. The molecule has 1 aromatic heterocycles. The molecule has 23 heavy (non-hydrogen) atoms. The zero-order valence-electron chi connectivity index (χ0n) is 11.8. The van der Waals surface area contributed by atoms with Crippen LogP contribution in [0, 0.1) is 0 Å². The minimum Gasteiger partial charge on any atom is -0.480 e. The highest BCUT2D eigenvalue weighted by atomic mass is 35.5. The summed E-state index contributed by atoms with van der Waals surface area (Å²) in [5.41, 5.74) is 0.931. The lowest BCUT2D eigenvalue weighted by Crippen LogP contribution is -2.40. The number of benzene rings is 1. The topological polar surface area (TPSA) is 70.5 Å². The first-order chi connectivity index (χ1) is 11.0. The summed E-state index contributed by atoms with van der Waals surface area (Å²) in [4.78, 5) is 29.4. The van der Waals surface area contributed by atoms with Crippen molar-refractivity contribution in [1.29, 1.82) is 0 Å². The average Bonchev–Trinajstić information content (AvgIpc) is 3.16. The normalized spacial score (nSPS) is 17.5. The molecule has 1 aliphatic heterocycles. The van der Waals surface area contributed by atoms with Gasteiger partial charge >= 0.3 is 5.97 Å². The van der Waals surface area contributed by atoms with Crippen molar-refractivity contribution in [3.8, 4) is 10.6 Å². The van der Waals surface area contributed by atoms with Crippen molar-refractivity contribution in [1.82, 2.24) is 9.88 Å². The van der Waals surface area contributed by atoms with Gasteiger partial charge in [0, 0.05) is 22.5 Å². The molecule has 0 aliphatic carbocycles. The molecule has 1 unspecified atom stereocenters. The number of rotatable bonds is 3. The largest absolute Gasteiger partial charge is 0.480 e. The van der Waals surface area contributed by atoms with Gasteiger partial charge in [0.2, 0.25) is 0 Å². The summed E-state index contributed by atoms with van der Waals surface area (Å²) in [6.45, 7) is 0.435. The van der Waals surface area contributed by atoms with Crippen molar-refractivity contribution in [2.45, 2.75) is 18.9 Å². The summed E-state index contributed by atoms with van der Waals surface area (Å²) in [5.74, 6) is -1.34. The summed E-state index contributed by atoms with van der Waals surface area (Å²) in [6.07, 6.45) is 1.16. The number of carbonyl (C=O) groups excluding carboxylic acids is 1. The van der Waals surface area contributed by atoms with Crippen LogP contribution < -0.4 is 0 Å². The third-order valence-corrected chi connectivity index (χ3v) is 5.11. The third-order valence-electron chi connectivity index (χ3n) is 3.68. The lowest BCUT2D eigenvalue weighted by Gasteiger charge is -2.20. The Hall–Kier alpha value is -1.63. The molecule has 5 nitrogen and oxygen atoms in total. The Labute approximate surface area is 146 Å². The van der Waals surface area contributed by atoms with E-state index in [0.29, 0.717) is 40.0 Å². The highest BCUT2D eigenvalue weighted by Gasteiger charge is 2.35. The number of nitrogens with zero attached hydrogens (tertiary/aromatic N) is 2. The van der Waals surface area contributed by atoms with Gasteiger partial charge in [0.05, 0.1) is 5.02 Å². The van der Waals surface area contributed by atoms with Gasteiger partial charge in [-0.1, -0.05) is 23.2 Å². The number of likely N-dealkylation sites (tertiary alicyclic amines) is 1. The van der Waals surface area contributed by atoms with Crippen molar-refractivity contribution < 1.29 is 14.7 Å². The summed E-state index contributed by atoms with van der Waals surface area (Å²) in [7, 11) is 0. The Morgan fingerprint density at radius 2 is 2.13 bits per heavy atom. The quantitative estimate of drug-likeness (QED) is 0.891. The molecule has 1 N–H and O–H groups in total. The van der Waals surface area contributed by atoms with Crippen LogP contribution in [0.2, 0.25) is 10.0 Å². The fourth-order valence-corrected chi connectivity index (χ4v) is 3.96. The molecule has 1 fully saturated rings. The highest BCUT2D eigenvalue weighted by Crippen LogP contribution is 2.33. The second-order valence-corrected chi connectivity index (χ2v) is 6.86. The van der Waals surface area contributed by atoms with Crippen LogP contribution in [0.15, 0.2) is 23.6 Å². The zero-order valence-corrected chi connectivity index (χ0v) is 14.2. The Kier molecular flexibility index (Phi) is 4.57. The van der Waals surface area contributed by atoms with E-state index in [9.17, 15) is 14.7 Å². The molecule has 1 saturated heterocycles. The maximum absolute atomic E-state index is 12.5. The van der Waals surface area contributed by atoms with E-state index in [0.717, 1.165) is 0 Å². The molecule has 1 atom stereocenters. The summed E-state index contributed by atoms with van der Waals surface area (Å²) in [5, 5.41) is 12.4. The van der Waals surface area contributed by atoms with Gasteiger partial charge in [0.15, 0.2) is 0 Å². The number of carbonyl (C=O) groups is 2. The number of thiazole rings is 1. The molecular weight excluding hydrogens is 359 g/mol. The van der Waals surface area contributed by atoms with Gasteiger partial charge < -0.3 is 10.0 Å². The van der Waals surface area contributed by atoms with Crippen molar-refractivity contribution in [3.63, 3.8) is 0 Å².